The highest BCUT2D eigenvalue weighted by Crippen LogP contribution is 2.26. The molecule has 0 radical (unpaired) electrons. The minimum absolute atomic E-state index is 0.00146. The highest BCUT2D eigenvalue weighted by Gasteiger charge is 2.17. The number of carbonyl (C=O) groups excluding carboxylic acids is 1. The zero-order valence-corrected chi connectivity index (χ0v) is 15.5. The number of aromatic hydroxyl groups is 1. The number of phenolic OH excluding ortho intramolecular Hbond substituents is 1. The number of nitro benzene ring substituents is 1. The Morgan fingerprint density at radius 1 is 1.14 bits per heavy atom. The molecule has 0 aliphatic carbocycles. The van der Waals surface area contributed by atoms with Gasteiger partial charge in [-0.1, -0.05) is 24.3 Å². The molecule has 0 aromatic heterocycles. The van der Waals surface area contributed by atoms with E-state index in [4.69, 9.17) is 4.74 Å². The van der Waals surface area contributed by atoms with E-state index in [2.05, 4.69) is 5.32 Å². The van der Waals surface area contributed by atoms with Gasteiger partial charge in [-0.15, -0.1) is 0 Å². The summed E-state index contributed by atoms with van der Waals surface area (Å²) < 4.78 is 5.22. The second kappa shape index (κ2) is 7.96. The highest BCUT2D eigenvalue weighted by atomic mass is 16.6. The van der Waals surface area contributed by atoms with Crippen LogP contribution < -0.4 is 10.1 Å². The van der Waals surface area contributed by atoms with Gasteiger partial charge >= 0.3 is 0 Å². The lowest BCUT2D eigenvalue weighted by Gasteiger charge is -2.14. The summed E-state index contributed by atoms with van der Waals surface area (Å²) in [6.45, 7) is 1.79. The van der Waals surface area contributed by atoms with E-state index in [1.165, 1.54) is 18.2 Å². The first-order valence-corrected chi connectivity index (χ1v) is 8.70. The van der Waals surface area contributed by atoms with Crippen molar-refractivity contribution in [2.75, 3.05) is 7.11 Å². The molecule has 1 amide bonds. The summed E-state index contributed by atoms with van der Waals surface area (Å²) in [7, 11) is 1.61. The first kappa shape index (κ1) is 19.2. The Kier molecular flexibility index (Phi) is 5.44. The maximum atomic E-state index is 12.5. The second-order valence-electron chi connectivity index (χ2n) is 6.48. The van der Waals surface area contributed by atoms with Gasteiger partial charge in [0.2, 0.25) is 5.91 Å². The fraction of sp³-hybridized carbons (Fsp3) is 0.190. The molecule has 7 heteroatoms. The number of rotatable bonds is 6. The molecule has 0 aliphatic heterocycles. The van der Waals surface area contributed by atoms with Crippen LogP contribution in [-0.4, -0.2) is 23.0 Å². The van der Waals surface area contributed by atoms with Gasteiger partial charge in [-0.2, -0.15) is 0 Å². The fourth-order valence-corrected chi connectivity index (χ4v) is 2.95. The van der Waals surface area contributed by atoms with Crippen molar-refractivity contribution in [3.05, 3.63) is 75.8 Å². The van der Waals surface area contributed by atoms with E-state index >= 15 is 0 Å². The van der Waals surface area contributed by atoms with Gasteiger partial charge < -0.3 is 15.2 Å². The van der Waals surface area contributed by atoms with Crippen LogP contribution in [0.3, 0.4) is 0 Å². The SMILES string of the molecule is COc1ccc2cc([C@H](C)C(=O)NCc3cc([N+](=O)[O-])ccc3O)ccc2c1. The van der Waals surface area contributed by atoms with Crippen molar-refractivity contribution in [3.63, 3.8) is 0 Å². The quantitative estimate of drug-likeness (QED) is 0.499. The highest BCUT2D eigenvalue weighted by molar-refractivity contribution is 5.88. The maximum absolute atomic E-state index is 12.5. The van der Waals surface area contributed by atoms with Crippen LogP contribution in [-0.2, 0) is 11.3 Å². The van der Waals surface area contributed by atoms with Crippen LogP contribution in [0.4, 0.5) is 5.69 Å². The summed E-state index contributed by atoms with van der Waals surface area (Å²) in [5, 5.41) is 25.5. The number of ether oxygens (including phenoxy) is 1. The van der Waals surface area contributed by atoms with Crippen molar-refractivity contribution in [2.24, 2.45) is 0 Å². The Hall–Kier alpha value is -3.61. The van der Waals surface area contributed by atoms with Crippen molar-refractivity contribution in [1.29, 1.82) is 0 Å². The largest absolute Gasteiger partial charge is 0.508 e. The number of hydrogen-bond acceptors (Lipinski definition) is 5. The number of carbonyl (C=O) groups is 1. The molecule has 3 aromatic rings. The Morgan fingerprint density at radius 3 is 2.57 bits per heavy atom. The third-order valence-corrected chi connectivity index (χ3v) is 4.69. The fourth-order valence-electron chi connectivity index (χ4n) is 2.95. The third kappa shape index (κ3) is 4.03. The molecule has 3 aromatic carbocycles. The van der Waals surface area contributed by atoms with Crippen molar-refractivity contribution in [2.45, 2.75) is 19.4 Å². The normalized spacial score (nSPS) is 11.8. The molecule has 3 rings (SSSR count). The van der Waals surface area contributed by atoms with E-state index < -0.39 is 10.8 Å². The molecule has 0 saturated carbocycles. The Labute approximate surface area is 161 Å². The van der Waals surface area contributed by atoms with Gasteiger partial charge in [0.05, 0.1) is 18.0 Å². The maximum Gasteiger partial charge on any atom is 0.270 e. The minimum Gasteiger partial charge on any atom is -0.508 e. The van der Waals surface area contributed by atoms with Crippen molar-refractivity contribution < 1.29 is 19.6 Å². The summed E-state index contributed by atoms with van der Waals surface area (Å²) >= 11 is 0. The van der Waals surface area contributed by atoms with E-state index in [1.54, 1.807) is 14.0 Å². The van der Waals surface area contributed by atoms with E-state index in [0.717, 1.165) is 22.1 Å². The molecular formula is C21H20N2O5. The molecule has 0 heterocycles. The average molecular weight is 380 g/mol. The first-order valence-electron chi connectivity index (χ1n) is 8.70. The number of benzene rings is 3. The van der Waals surface area contributed by atoms with Gasteiger partial charge in [-0.25, -0.2) is 0 Å². The summed E-state index contributed by atoms with van der Waals surface area (Å²) in [5.41, 5.74) is 0.999. The van der Waals surface area contributed by atoms with E-state index in [0.29, 0.717) is 5.56 Å². The molecule has 0 fully saturated rings. The topological polar surface area (TPSA) is 102 Å². The lowest BCUT2D eigenvalue weighted by Crippen LogP contribution is -2.27. The number of nitrogens with zero attached hydrogens (tertiary/aromatic N) is 1. The molecule has 0 bridgehead atoms. The van der Waals surface area contributed by atoms with Gasteiger partial charge in [0.15, 0.2) is 0 Å². The molecule has 0 aliphatic rings. The summed E-state index contributed by atoms with van der Waals surface area (Å²) in [6.07, 6.45) is 0. The number of phenols is 1. The molecule has 0 spiro atoms. The summed E-state index contributed by atoms with van der Waals surface area (Å²) in [4.78, 5) is 22.9. The van der Waals surface area contributed by atoms with Gasteiger partial charge in [-0.3, -0.25) is 14.9 Å². The van der Waals surface area contributed by atoms with Crippen molar-refractivity contribution in [1.82, 2.24) is 5.32 Å². The number of amides is 1. The lowest BCUT2D eigenvalue weighted by molar-refractivity contribution is -0.384. The van der Waals surface area contributed by atoms with E-state index in [9.17, 15) is 20.0 Å². The molecule has 28 heavy (non-hydrogen) atoms. The monoisotopic (exact) mass is 380 g/mol. The van der Waals surface area contributed by atoms with Crippen molar-refractivity contribution in [3.8, 4) is 11.5 Å². The molecule has 1 atom stereocenters. The first-order chi connectivity index (χ1) is 13.4. The standard InChI is InChI=1S/C21H20N2O5/c1-13(14-3-4-16-11-19(28-2)7-5-15(16)9-14)21(25)22-12-17-10-18(23(26)27)6-8-20(17)24/h3-11,13,24H,12H2,1-2H3,(H,22,25)/t13-/m0/s1. The number of nitro groups is 1. The molecule has 144 valence electrons. The summed E-state index contributed by atoms with van der Waals surface area (Å²) in [5.74, 6) is 0.00659. The Balaban J connectivity index is 1.73. The van der Waals surface area contributed by atoms with E-state index in [-0.39, 0.29) is 23.9 Å². The van der Waals surface area contributed by atoms with Crippen LogP contribution in [0.5, 0.6) is 11.5 Å². The number of nitrogens with one attached hydrogen (secondary N) is 1. The van der Waals surface area contributed by atoms with Crippen LogP contribution in [0, 0.1) is 10.1 Å². The van der Waals surface area contributed by atoms with Crippen LogP contribution in [0.15, 0.2) is 54.6 Å². The molecule has 0 unspecified atom stereocenters. The van der Waals surface area contributed by atoms with Gasteiger partial charge in [0, 0.05) is 24.2 Å². The van der Waals surface area contributed by atoms with Crippen LogP contribution in [0.1, 0.15) is 24.0 Å². The van der Waals surface area contributed by atoms with Gasteiger partial charge in [-0.05, 0) is 41.5 Å². The molecule has 2 N–H and O–H groups in total. The van der Waals surface area contributed by atoms with Gasteiger partial charge in [0.25, 0.3) is 5.69 Å². The summed E-state index contributed by atoms with van der Waals surface area (Å²) in [6, 6.07) is 15.2. The number of fused-ring (bicyclic) bond motifs is 1. The Bertz CT molecular complexity index is 1050. The Morgan fingerprint density at radius 2 is 1.86 bits per heavy atom. The molecule has 7 nitrogen and oxygen atoms in total. The predicted molar refractivity (Wildman–Crippen MR) is 106 cm³/mol. The van der Waals surface area contributed by atoms with E-state index in [1.807, 2.05) is 36.4 Å². The molecule has 0 saturated heterocycles. The minimum atomic E-state index is -0.544. The predicted octanol–water partition coefficient (Wildman–Crippen LogP) is 3.88. The lowest BCUT2D eigenvalue weighted by atomic mass is 9.97. The van der Waals surface area contributed by atoms with Crippen LogP contribution in [0.25, 0.3) is 10.8 Å². The van der Waals surface area contributed by atoms with Gasteiger partial charge in [0.1, 0.15) is 11.5 Å². The van der Waals surface area contributed by atoms with Crippen LogP contribution in [0.2, 0.25) is 0 Å². The number of hydrogen-bond donors (Lipinski definition) is 2. The molecular weight excluding hydrogens is 360 g/mol. The number of methoxy groups -OCH3 is 1. The second-order valence-corrected chi connectivity index (χ2v) is 6.48. The zero-order valence-electron chi connectivity index (χ0n) is 15.5. The van der Waals surface area contributed by atoms with Crippen molar-refractivity contribution >= 4 is 22.4 Å². The van der Waals surface area contributed by atoms with Crippen LogP contribution >= 0.6 is 0 Å². The zero-order chi connectivity index (χ0) is 20.3. The number of non-ortho nitro benzene ring substituents is 1. The average Bonchev–Trinajstić information content (AvgIpc) is 2.71. The smallest absolute Gasteiger partial charge is 0.270 e. The third-order valence-electron chi connectivity index (χ3n) is 4.69.